The predicted molar refractivity (Wildman–Crippen MR) is 97.7 cm³/mol. The van der Waals surface area contributed by atoms with E-state index >= 15 is 0 Å². The fraction of sp³-hybridized carbons (Fsp3) is 0.389. The number of methoxy groups -OCH3 is 2. The summed E-state index contributed by atoms with van der Waals surface area (Å²) >= 11 is 1.69. The minimum atomic E-state index is -0.280. The number of anilines is 1. The molecule has 0 unspecified atom stereocenters. The van der Waals surface area contributed by atoms with E-state index in [4.69, 9.17) is 9.47 Å². The van der Waals surface area contributed by atoms with Crippen molar-refractivity contribution in [3.63, 3.8) is 0 Å². The number of benzene rings is 1. The number of likely N-dealkylation sites (N-methyl/N-ethyl adjacent to an activating group) is 1. The lowest BCUT2D eigenvalue weighted by molar-refractivity contribution is 0.0935. The van der Waals surface area contributed by atoms with E-state index < -0.39 is 0 Å². The van der Waals surface area contributed by atoms with Crippen LogP contribution in [0.15, 0.2) is 18.2 Å². The Hall–Kier alpha value is -2.25. The minimum absolute atomic E-state index is 0.00409. The maximum atomic E-state index is 12.7. The van der Waals surface area contributed by atoms with Crippen molar-refractivity contribution in [2.75, 3.05) is 33.1 Å². The average molecular weight is 359 g/mol. The highest BCUT2D eigenvalue weighted by molar-refractivity contribution is 7.16. The van der Waals surface area contributed by atoms with Gasteiger partial charge in [0.2, 0.25) is 0 Å². The number of nitrogens with one attached hydrogen (secondary N) is 2. The monoisotopic (exact) mass is 359 g/mol. The summed E-state index contributed by atoms with van der Waals surface area (Å²) in [4.78, 5) is 16.3. The van der Waals surface area contributed by atoms with Crippen molar-refractivity contribution in [3.8, 4) is 11.5 Å². The smallest absolute Gasteiger partial charge is 0.256 e. The van der Waals surface area contributed by atoms with E-state index in [-0.39, 0.29) is 12.1 Å². The molecule has 0 saturated carbocycles. The highest BCUT2D eigenvalue weighted by atomic mass is 32.1. The zero-order valence-electron chi connectivity index (χ0n) is 14.5. The van der Waals surface area contributed by atoms with Gasteiger partial charge in [0, 0.05) is 18.0 Å². The molecule has 4 rings (SSSR count). The molecule has 1 aromatic heterocycles. The van der Waals surface area contributed by atoms with Crippen molar-refractivity contribution in [2.45, 2.75) is 19.1 Å². The van der Waals surface area contributed by atoms with Gasteiger partial charge in [-0.3, -0.25) is 4.79 Å². The highest BCUT2D eigenvalue weighted by Crippen LogP contribution is 2.41. The first kappa shape index (κ1) is 16.2. The van der Waals surface area contributed by atoms with Crippen LogP contribution in [0.2, 0.25) is 0 Å². The van der Waals surface area contributed by atoms with Crippen LogP contribution in [-0.2, 0) is 13.0 Å². The fourth-order valence-electron chi connectivity index (χ4n) is 3.44. The van der Waals surface area contributed by atoms with Gasteiger partial charge in [-0.1, -0.05) is 6.07 Å². The molecule has 0 fully saturated rings. The number of amides is 1. The van der Waals surface area contributed by atoms with E-state index in [1.165, 1.54) is 10.4 Å². The van der Waals surface area contributed by atoms with Crippen LogP contribution in [-0.4, -0.2) is 38.6 Å². The lowest BCUT2D eigenvalue weighted by Crippen LogP contribution is -2.38. The van der Waals surface area contributed by atoms with Crippen LogP contribution < -0.4 is 20.1 Å². The molecule has 2 aliphatic heterocycles. The van der Waals surface area contributed by atoms with E-state index in [0.717, 1.165) is 35.6 Å². The molecule has 1 aromatic carbocycles. The van der Waals surface area contributed by atoms with E-state index in [1.54, 1.807) is 25.6 Å². The van der Waals surface area contributed by atoms with Crippen LogP contribution in [0, 0.1) is 0 Å². The van der Waals surface area contributed by atoms with Crippen molar-refractivity contribution >= 4 is 22.2 Å². The van der Waals surface area contributed by atoms with Gasteiger partial charge < -0.3 is 25.0 Å². The number of hydrogen-bond donors (Lipinski definition) is 2. The van der Waals surface area contributed by atoms with E-state index in [2.05, 4.69) is 22.6 Å². The first-order valence-corrected chi connectivity index (χ1v) is 9.04. The third-order valence-electron chi connectivity index (χ3n) is 4.77. The third-order valence-corrected chi connectivity index (χ3v) is 5.91. The zero-order valence-corrected chi connectivity index (χ0v) is 15.3. The predicted octanol–water partition coefficient (Wildman–Crippen LogP) is 2.61. The van der Waals surface area contributed by atoms with Crippen molar-refractivity contribution in [2.24, 2.45) is 0 Å². The van der Waals surface area contributed by atoms with Gasteiger partial charge in [-0.15, -0.1) is 11.3 Å². The number of carbonyl (C=O) groups excluding carboxylic acids is 1. The number of thiophene rings is 1. The van der Waals surface area contributed by atoms with Gasteiger partial charge in [-0.2, -0.15) is 0 Å². The first-order chi connectivity index (χ1) is 12.1. The second-order valence-corrected chi connectivity index (χ2v) is 7.47. The summed E-state index contributed by atoms with van der Waals surface area (Å²) in [6, 6.07) is 5.68. The molecule has 0 radical (unpaired) electrons. The quantitative estimate of drug-likeness (QED) is 0.882. The van der Waals surface area contributed by atoms with E-state index in [0.29, 0.717) is 11.5 Å². The van der Waals surface area contributed by atoms with Crippen molar-refractivity contribution in [1.82, 2.24) is 10.2 Å². The molecule has 0 bridgehead atoms. The Kier molecular flexibility index (Phi) is 4.05. The molecule has 3 heterocycles. The summed E-state index contributed by atoms with van der Waals surface area (Å²) in [6.45, 7) is 1.89. The van der Waals surface area contributed by atoms with Crippen LogP contribution in [0.4, 0.5) is 5.00 Å². The van der Waals surface area contributed by atoms with Crippen molar-refractivity contribution in [3.05, 3.63) is 39.8 Å². The molecular weight excluding hydrogens is 338 g/mol. The largest absolute Gasteiger partial charge is 0.493 e. The fourth-order valence-corrected chi connectivity index (χ4v) is 4.80. The summed E-state index contributed by atoms with van der Waals surface area (Å²) in [7, 11) is 5.33. The minimum Gasteiger partial charge on any atom is -0.493 e. The third kappa shape index (κ3) is 2.73. The van der Waals surface area contributed by atoms with Crippen LogP contribution >= 0.6 is 11.3 Å². The molecule has 2 N–H and O–H groups in total. The van der Waals surface area contributed by atoms with Gasteiger partial charge >= 0.3 is 0 Å². The Morgan fingerprint density at radius 1 is 1.20 bits per heavy atom. The lowest BCUT2D eigenvalue weighted by Gasteiger charge is -2.27. The second-order valence-electron chi connectivity index (χ2n) is 6.36. The average Bonchev–Trinajstić information content (AvgIpc) is 2.98. The normalized spacial score (nSPS) is 19.5. The summed E-state index contributed by atoms with van der Waals surface area (Å²) in [6.07, 6.45) is 0.644. The van der Waals surface area contributed by atoms with E-state index in [9.17, 15) is 4.79 Å². The molecule has 6 nitrogen and oxygen atoms in total. The molecule has 1 atom stereocenters. The summed E-state index contributed by atoms with van der Waals surface area (Å²) in [5, 5.41) is 7.51. The highest BCUT2D eigenvalue weighted by Gasteiger charge is 2.33. The van der Waals surface area contributed by atoms with Gasteiger partial charge in [0.05, 0.1) is 19.8 Å². The Bertz CT molecular complexity index is 833. The van der Waals surface area contributed by atoms with Gasteiger partial charge in [0.25, 0.3) is 5.91 Å². The number of fused-ring (bicyclic) bond motifs is 3. The van der Waals surface area contributed by atoms with Crippen LogP contribution in [0.1, 0.15) is 32.5 Å². The van der Waals surface area contributed by atoms with Gasteiger partial charge in [0.1, 0.15) is 11.2 Å². The molecule has 2 aromatic rings. The number of rotatable bonds is 3. The van der Waals surface area contributed by atoms with Gasteiger partial charge in [0.15, 0.2) is 11.5 Å². The zero-order chi connectivity index (χ0) is 17.6. The summed E-state index contributed by atoms with van der Waals surface area (Å²) < 4.78 is 10.7. The standard InChI is InChI=1S/C18H21N3O3S/c1-21-7-6-11-14(9-21)25-18-15(11)17(22)19-16(20-18)10-4-5-12(23-2)13(8-10)24-3/h4-5,8,16,20H,6-7,9H2,1-3H3,(H,19,22)/t16-/m0/s1. The topological polar surface area (TPSA) is 62.8 Å². The number of ether oxygens (including phenoxy) is 2. The number of hydrogen-bond acceptors (Lipinski definition) is 6. The number of nitrogens with zero attached hydrogens (tertiary/aromatic N) is 1. The summed E-state index contributed by atoms with van der Waals surface area (Å²) in [5.41, 5.74) is 2.96. The van der Waals surface area contributed by atoms with E-state index in [1.807, 2.05) is 18.2 Å². The molecule has 25 heavy (non-hydrogen) atoms. The molecule has 132 valence electrons. The second kappa shape index (κ2) is 6.24. The molecule has 7 heteroatoms. The molecule has 1 amide bonds. The number of carbonyl (C=O) groups is 1. The SMILES string of the molecule is COc1ccc([C@H]2NC(=O)c3c(sc4c3CCN(C)C4)N2)cc1OC. The van der Waals surface area contributed by atoms with Crippen LogP contribution in [0.5, 0.6) is 11.5 Å². The maximum absolute atomic E-state index is 12.7. The molecular formula is C18H21N3O3S. The Morgan fingerprint density at radius 2 is 2.00 bits per heavy atom. The Morgan fingerprint density at radius 3 is 2.76 bits per heavy atom. The summed E-state index contributed by atoms with van der Waals surface area (Å²) in [5.74, 6) is 1.31. The van der Waals surface area contributed by atoms with Crippen molar-refractivity contribution in [1.29, 1.82) is 0 Å². The first-order valence-electron chi connectivity index (χ1n) is 8.23. The Balaban J connectivity index is 1.67. The van der Waals surface area contributed by atoms with Crippen molar-refractivity contribution < 1.29 is 14.3 Å². The molecule has 0 saturated heterocycles. The van der Waals surface area contributed by atoms with Gasteiger partial charge in [-0.05, 0) is 36.7 Å². The van der Waals surface area contributed by atoms with Crippen LogP contribution in [0.3, 0.4) is 0 Å². The Labute approximate surface area is 150 Å². The van der Waals surface area contributed by atoms with Gasteiger partial charge in [-0.25, -0.2) is 0 Å². The molecule has 0 spiro atoms. The molecule has 0 aliphatic carbocycles. The maximum Gasteiger partial charge on any atom is 0.256 e. The van der Waals surface area contributed by atoms with Crippen LogP contribution in [0.25, 0.3) is 0 Å². The molecule has 2 aliphatic rings. The lowest BCUT2D eigenvalue weighted by atomic mass is 10.0.